The first-order valence-corrected chi connectivity index (χ1v) is 7.61. The topological polar surface area (TPSA) is 20.3 Å². The van der Waals surface area contributed by atoms with Gasteiger partial charge in [-0.1, -0.05) is 6.07 Å². The molecule has 0 spiro atoms. The number of rotatable bonds is 3. The summed E-state index contributed by atoms with van der Waals surface area (Å²) >= 11 is 0. The maximum absolute atomic E-state index is 12.7. The first-order valence-electron chi connectivity index (χ1n) is 7.61. The number of aryl methyl sites for hydroxylation is 2. The smallest absolute Gasteiger partial charge is 0.254 e. The lowest BCUT2D eigenvalue weighted by Crippen LogP contribution is -2.38. The van der Waals surface area contributed by atoms with Crippen LogP contribution >= 0.6 is 0 Å². The van der Waals surface area contributed by atoms with E-state index in [1.165, 1.54) is 43.2 Å². The van der Waals surface area contributed by atoms with E-state index in [1.54, 1.807) is 0 Å². The molecule has 1 amide bonds. The molecule has 0 aromatic heterocycles. The van der Waals surface area contributed by atoms with Gasteiger partial charge in [0.05, 0.1) is 0 Å². The average molecular weight is 257 g/mol. The highest BCUT2D eigenvalue weighted by Gasteiger charge is 2.34. The van der Waals surface area contributed by atoms with Gasteiger partial charge in [-0.15, -0.1) is 0 Å². The molecule has 0 atom stereocenters. The number of hydrogen-bond acceptors (Lipinski definition) is 1. The fraction of sp³-hybridized carbons (Fsp3) is 0.588. The number of carbonyl (C=O) groups excluding carboxylic acids is 1. The number of hydrogen-bond donors (Lipinski definition) is 0. The maximum Gasteiger partial charge on any atom is 0.254 e. The van der Waals surface area contributed by atoms with Crippen LogP contribution in [0.1, 0.15) is 61.0 Å². The van der Waals surface area contributed by atoms with Crippen LogP contribution in [0.25, 0.3) is 0 Å². The molecule has 2 aliphatic carbocycles. The highest BCUT2D eigenvalue weighted by atomic mass is 16.2. The molecule has 2 heteroatoms. The molecule has 19 heavy (non-hydrogen) atoms. The van der Waals surface area contributed by atoms with Gasteiger partial charge in [0.2, 0.25) is 0 Å². The summed E-state index contributed by atoms with van der Waals surface area (Å²) in [7, 11) is 0. The van der Waals surface area contributed by atoms with Gasteiger partial charge in [0.25, 0.3) is 5.91 Å². The fourth-order valence-electron chi connectivity index (χ4n) is 3.19. The van der Waals surface area contributed by atoms with Crippen molar-refractivity contribution in [3.05, 3.63) is 34.9 Å². The van der Waals surface area contributed by atoms with Crippen LogP contribution in [0.5, 0.6) is 0 Å². The first-order chi connectivity index (χ1) is 9.16. The van der Waals surface area contributed by atoms with Crippen molar-refractivity contribution in [2.24, 2.45) is 0 Å². The van der Waals surface area contributed by atoms with E-state index in [1.807, 2.05) is 6.07 Å². The zero-order valence-electron chi connectivity index (χ0n) is 12.0. The van der Waals surface area contributed by atoms with Crippen LogP contribution in [0.4, 0.5) is 0 Å². The van der Waals surface area contributed by atoms with Crippen molar-refractivity contribution in [3.8, 4) is 0 Å². The zero-order chi connectivity index (χ0) is 13.4. The van der Waals surface area contributed by atoms with Gasteiger partial charge >= 0.3 is 0 Å². The van der Waals surface area contributed by atoms with Gasteiger partial charge in [0.15, 0.2) is 0 Å². The summed E-state index contributed by atoms with van der Waals surface area (Å²) in [4.78, 5) is 14.8. The lowest BCUT2D eigenvalue weighted by Gasteiger charge is -2.27. The summed E-state index contributed by atoms with van der Waals surface area (Å²) in [5, 5.41) is 0. The third-order valence-electron chi connectivity index (χ3n) is 4.33. The average Bonchev–Trinajstić information content (AvgIpc) is 3.22. The van der Waals surface area contributed by atoms with Gasteiger partial charge in [0, 0.05) is 17.6 Å². The van der Waals surface area contributed by atoms with Gasteiger partial charge in [-0.2, -0.15) is 0 Å². The Morgan fingerprint density at radius 1 is 1.16 bits per heavy atom. The highest BCUT2D eigenvalue weighted by molar-refractivity contribution is 5.95. The predicted octanol–water partition coefficient (Wildman–Crippen LogP) is 3.58. The summed E-state index contributed by atoms with van der Waals surface area (Å²) in [5.41, 5.74) is 3.74. The lowest BCUT2D eigenvalue weighted by molar-refractivity contribution is 0.0690. The number of amides is 1. The Hall–Kier alpha value is -1.31. The largest absolute Gasteiger partial charge is 0.333 e. The molecule has 0 heterocycles. The molecule has 3 rings (SSSR count). The van der Waals surface area contributed by atoms with Crippen molar-refractivity contribution in [2.45, 2.75) is 64.5 Å². The first kappa shape index (κ1) is 12.7. The molecule has 0 N–H and O–H groups in total. The van der Waals surface area contributed by atoms with Gasteiger partial charge < -0.3 is 4.90 Å². The third kappa shape index (κ3) is 2.54. The standard InChI is InChI=1S/C17H23NO/c1-12(2)18(16-9-10-16)17(19)15-8-7-13-5-3-4-6-14(13)11-15/h7-8,11-12,16H,3-6,9-10H2,1-2H3. The number of nitrogens with zero attached hydrogens (tertiary/aromatic N) is 1. The lowest BCUT2D eigenvalue weighted by atomic mass is 9.90. The SMILES string of the molecule is CC(C)N(C(=O)c1ccc2c(c1)CCCC2)C1CC1. The number of benzene rings is 1. The third-order valence-corrected chi connectivity index (χ3v) is 4.33. The molecule has 102 valence electrons. The normalized spacial score (nSPS) is 18.3. The van der Waals surface area contributed by atoms with Crippen LogP contribution in [0.3, 0.4) is 0 Å². The van der Waals surface area contributed by atoms with E-state index in [2.05, 4.69) is 30.9 Å². The highest BCUT2D eigenvalue weighted by Crippen LogP contribution is 2.31. The van der Waals surface area contributed by atoms with Gasteiger partial charge in [-0.3, -0.25) is 4.79 Å². The monoisotopic (exact) mass is 257 g/mol. The summed E-state index contributed by atoms with van der Waals surface area (Å²) in [6.07, 6.45) is 7.23. The molecule has 0 unspecified atom stereocenters. The molecular weight excluding hydrogens is 234 g/mol. The van der Waals surface area contributed by atoms with Gasteiger partial charge in [-0.25, -0.2) is 0 Å². The van der Waals surface area contributed by atoms with Crippen molar-refractivity contribution in [1.29, 1.82) is 0 Å². The molecular formula is C17H23NO. The second kappa shape index (κ2) is 4.99. The molecule has 1 aromatic carbocycles. The fourth-order valence-corrected chi connectivity index (χ4v) is 3.19. The minimum absolute atomic E-state index is 0.228. The van der Waals surface area contributed by atoms with Crippen LogP contribution in [0, 0.1) is 0 Å². The number of carbonyl (C=O) groups is 1. The second-order valence-electron chi connectivity index (χ2n) is 6.23. The molecule has 1 aromatic rings. The van der Waals surface area contributed by atoms with E-state index in [0.29, 0.717) is 12.1 Å². The number of fused-ring (bicyclic) bond motifs is 1. The quantitative estimate of drug-likeness (QED) is 0.810. The molecule has 1 fully saturated rings. The Labute approximate surface area is 115 Å². The van der Waals surface area contributed by atoms with E-state index < -0.39 is 0 Å². The van der Waals surface area contributed by atoms with Crippen molar-refractivity contribution in [3.63, 3.8) is 0 Å². The Balaban J connectivity index is 1.86. The molecule has 1 saturated carbocycles. The van der Waals surface area contributed by atoms with Crippen LogP contribution < -0.4 is 0 Å². The summed E-state index contributed by atoms with van der Waals surface area (Å²) in [6, 6.07) is 7.14. The maximum atomic E-state index is 12.7. The van der Waals surface area contributed by atoms with E-state index in [9.17, 15) is 4.79 Å². The second-order valence-corrected chi connectivity index (χ2v) is 6.23. The molecule has 2 aliphatic rings. The minimum Gasteiger partial charge on any atom is -0.333 e. The van der Waals surface area contributed by atoms with Crippen LogP contribution in [-0.4, -0.2) is 22.9 Å². The van der Waals surface area contributed by atoms with Crippen LogP contribution in [0.15, 0.2) is 18.2 Å². The summed E-state index contributed by atoms with van der Waals surface area (Å²) in [5.74, 6) is 0.228. The summed E-state index contributed by atoms with van der Waals surface area (Å²) in [6.45, 7) is 4.24. The van der Waals surface area contributed by atoms with Crippen LogP contribution in [0.2, 0.25) is 0 Å². The van der Waals surface area contributed by atoms with E-state index in [0.717, 1.165) is 12.0 Å². The van der Waals surface area contributed by atoms with Crippen molar-refractivity contribution < 1.29 is 4.79 Å². The van der Waals surface area contributed by atoms with Gasteiger partial charge in [-0.05, 0) is 75.6 Å². The van der Waals surface area contributed by atoms with E-state index in [-0.39, 0.29) is 5.91 Å². The Morgan fingerprint density at radius 3 is 2.47 bits per heavy atom. The Morgan fingerprint density at radius 2 is 1.84 bits per heavy atom. The van der Waals surface area contributed by atoms with E-state index >= 15 is 0 Å². The minimum atomic E-state index is 0.228. The molecule has 0 aliphatic heterocycles. The summed E-state index contributed by atoms with van der Waals surface area (Å²) < 4.78 is 0. The molecule has 0 bridgehead atoms. The zero-order valence-corrected chi connectivity index (χ0v) is 12.0. The van der Waals surface area contributed by atoms with Crippen molar-refractivity contribution in [1.82, 2.24) is 4.90 Å². The van der Waals surface area contributed by atoms with Crippen LogP contribution in [-0.2, 0) is 12.8 Å². The molecule has 0 radical (unpaired) electrons. The Bertz CT molecular complexity index is 486. The van der Waals surface area contributed by atoms with Gasteiger partial charge in [0.1, 0.15) is 0 Å². The Kier molecular flexibility index (Phi) is 3.34. The predicted molar refractivity (Wildman–Crippen MR) is 77.4 cm³/mol. The van der Waals surface area contributed by atoms with Crippen molar-refractivity contribution >= 4 is 5.91 Å². The molecule has 0 saturated heterocycles. The van der Waals surface area contributed by atoms with E-state index in [4.69, 9.17) is 0 Å². The van der Waals surface area contributed by atoms with Crippen molar-refractivity contribution in [2.75, 3.05) is 0 Å². The molecule has 2 nitrogen and oxygen atoms in total.